The first kappa shape index (κ1) is 13.3. The lowest BCUT2D eigenvalue weighted by Gasteiger charge is -2.09. The van der Waals surface area contributed by atoms with Crippen LogP contribution in [0.3, 0.4) is 0 Å². The third-order valence-electron chi connectivity index (χ3n) is 3.42. The van der Waals surface area contributed by atoms with Crippen LogP contribution < -0.4 is 0 Å². The van der Waals surface area contributed by atoms with E-state index in [0.717, 1.165) is 12.2 Å². The number of carbonyl (C=O) groups is 1. The molecule has 0 atom stereocenters. The van der Waals surface area contributed by atoms with Crippen LogP contribution in [0.1, 0.15) is 23.1 Å². The van der Waals surface area contributed by atoms with Gasteiger partial charge in [0.25, 0.3) is 0 Å². The van der Waals surface area contributed by atoms with E-state index in [2.05, 4.69) is 15.3 Å². The highest BCUT2D eigenvalue weighted by atomic mass is 16.4. The molecule has 0 aliphatic carbocycles. The fourth-order valence-corrected chi connectivity index (χ4v) is 2.47. The molecule has 3 rings (SSSR count). The molecule has 0 amide bonds. The molecule has 0 fully saturated rings. The summed E-state index contributed by atoms with van der Waals surface area (Å²) in [5.74, 6) is -0.0658. The van der Waals surface area contributed by atoms with Gasteiger partial charge in [-0.2, -0.15) is 0 Å². The quantitative estimate of drug-likeness (QED) is 0.769. The molecule has 7 heteroatoms. The summed E-state index contributed by atoms with van der Waals surface area (Å²) < 4.78 is 3.68. The summed E-state index contributed by atoms with van der Waals surface area (Å²) in [4.78, 5) is 16.0. The summed E-state index contributed by atoms with van der Waals surface area (Å²) in [6, 6.07) is 5.17. The highest BCUT2D eigenvalue weighted by molar-refractivity contribution is 6.01. The number of carboxylic acids is 1. The van der Waals surface area contributed by atoms with Crippen molar-refractivity contribution in [2.45, 2.75) is 26.4 Å². The molecular weight excluding hydrogens is 270 g/mol. The second-order valence-electron chi connectivity index (χ2n) is 4.68. The van der Waals surface area contributed by atoms with Crippen molar-refractivity contribution in [1.29, 1.82) is 0 Å². The fraction of sp³-hybridized carbons (Fsp3) is 0.286. The molecule has 1 N–H and O–H groups in total. The van der Waals surface area contributed by atoms with Gasteiger partial charge in [-0.15, -0.1) is 5.10 Å². The van der Waals surface area contributed by atoms with E-state index in [1.807, 2.05) is 17.6 Å². The third kappa shape index (κ3) is 2.37. The van der Waals surface area contributed by atoms with Crippen molar-refractivity contribution in [2.24, 2.45) is 0 Å². The molecule has 108 valence electrons. The normalized spacial score (nSPS) is 11.1. The summed E-state index contributed by atoms with van der Waals surface area (Å²) in [6.07, 6.45) is 4.14. The second kappa shape index (κ2) is 5.35. The molecule has 0 aliphatic heterocycles. The van der Waals surface area contributed by atoms with Crippen molar-refractivity contribution in [2.75, 3.05) is 0 Å². The maximum atomic E-state index is 11.4. The third-order valence-corrected chi connectivity index (χ3v) is 3.42. The zero-order chi connectivity index (χ0) is 14.8. The van der Waals surface area contributed by atoms with Gasteiger partial charge >= 0.3 is 5.97 Å². The lowest BCUT2D eigenvalue weighted by atomic mass is 10.2. The van der Waals surface area contributed by atoms with E-state index in [4.69, 9.17) is 0 Å². The molecule has 7 nitrogen and oxygen atoms in total. The molecule has 2 heterocycles. The molecule has 1 aromatic carbocycles. The molecule has 0 unspecified atom stereocenters. The van der Waals surface area contributed by atoms with Crippen LogP contribution >= 0.6 is 0 Å². The van der Waals surface area contributed by atoms with Crippen LogP contribution in [0.5, 0.6) is 0 Å². The first-order valence-corrected chi connectivity index (χ1v) is 6.76. The molecule has 0 aliphatic rings. The molecule has 0 saturated carbocycles. The van der Waals surface area contributed by atoms with Gasteiger partial charge in [0, 0.05) is 19.2 Å². The summed E-state index contributed by atoms with van der Waals surface area (Å²) >= 11 is 0. The maximum Gasteiger partial charge on any atom is 0.337 e. The largest absolute Gasteiger partial charge is 0.478 e. The number of aryl methyl sites for hydroxylation is 3. The van der Waals surface area contributed by atoms with E-state index >= 15 is 0 Å². The van der Waals surface area contributed by atoms with Crippen LogP contribution in [0.25, 0.3) is 11.0 Å². The Bertz CT molecular complexity index is 776. The first-order valence-electron chi connectivity index (χ1n) is 6.76. The first-order chi connectivity index (χ1) is 10.2. The SMILES string of the molecule is CCc1nc2cccc(C(=O)O)c2n1CCn1ccnn1. The van der Waals surface area contributed by atoms with Gasteiger partial charge in [0.1, 0.15) is 5.82 Å². The zero-order valence-electron chi connectivity index (χ0n) is 11.6. The van der Waals surface area contributed by atoms with Crippen molar-refractivity contribution in [3.05, 3.63) is 42.0 Å². The molecule has 3 aromatic rings. The van der Waals surface area contributed by atoms with Gasteiger partial charge in [0.15, 0.2) is 0 Å². The number of fused-ring (bicyclic) bond motifs is 1. The van der Waals surface area contributed by atoms with E-state index < -0.39 is 5.97 Å². The topological polar surface area (TPSA) is 85.8 Å². The van der Waals surface area contributed by atoms with Crippen LogP contribution in [0.15, 0.2) is 30.6 Å². The van der Waals surface area contributed by atoms with E-state index in [1.54, 1.807) is 29.2 Å². The fourth-order valence-electron chi connectivity index (χ4n) is 2.47. The van der Waals surface area contributed by atoms with Gasteiger partial charge in [-0.25, -0.2) is 9.78 Å². The Morgan fingerprint density at radius 1 is 1.33 bits per heavy atom. The number of nitrogens with zero attached hydrogens (tertiary/aromatic N) is 5. The van der Waals surface area contributed by atoms with Gasteiger partial charge in [-0.3, -0.25) is 4.68 Å². The van der Waals surface area contributed by atoms with Crippen LogP contribution in [0, 0.1) is 0 Å². The zero-order valence-corrected chi connectivity index (χ0v) is 11.6. The van der Waals surface area contributed by atoms with Gasteiger partial charge in [0.05, 0.1) is 29.3 Å². The van der Waals surface area contributed by atoms with E-state index in [1.165, 1.54) is 0 Å². The highest BCUT2D eigenvalue weighted by Crippen LogP contribution is 2.21. The Kier molecular flexibility index (Phi) is 3.39. The Labute approximate surface area is 120 Å². The molecule has 0 radical (unpaired) electrons. The maximum absolute atomic E-state index is 11.4. The van der Waals surface area contributed by atoms with Gasteiger partial charge in [-0.05, 0) is 12.1 Å². The Hall–Kier alpha value is -2.70. The average Bonchev–Trinajstić information content (AvgIpc) is 3.11. The molecule has 0 spiro atoms. The van der Waals surface area contributed by atoms with Crippen LogP contribution in [-0.2, 0) is 19.5 Å². The average molecular weight is 285 g/mol. The van der Waals surface area contributed by atoms with Gasteiger partial charge in [0.2, 0.25) is 0 Å². The molecule has 0 saturated heterocycles. The van der Waals surface area contributed by atoms with E-state index in [9.17, 15) is 9.90 Å². The number of aromatic carboxylic acids is 1. The van der Waals surface area contributed by atoms with Gasteiger partial charge < -0.3 is 9.67 Å². The minimum atomic E-state index is -0.940. The van der Waals surface area contributed by atoms with E-state index in [0.29, 0.717) is 24.1 Å². The van der Waals surface area contributed by atoms with E-state index in [-0.39, 0.29) is 5.56 Å². The Morgan fingerprint density at radius 2 is 2.19 bits per heavy atom. The van der Waals surface area contributed by atoms with Crippen LogP contribution in [-0.4, -0.2) is 35.6 Å². The Morgan fingerprint density at radius 3 is 2.86 bits per heavy atom. The number of aromatic nitrogens is 5. The smallest absolute Gasteiger partial charge is 0.337 e. The predicted molar refractivity (Wildman–Crippen MR) is 76.1 cm³/mol. The minimum Gasteiger partial charge on any atom is -0.478 e. The minimum absolute atomic E-state index is 0.276. The lowest BCUT2D eigenvalue weighted by Crippen LogP contribution is -2.12. The number of imidazole rings is 1. The molecule has 0 bridgehead atoms. The van der Waals surface area contributed by atoms with Crippen molar-refractivity contribution >= 4 is 17.0 Å². The number of hydrogen-bond donors (Lipinski definition) is 1. The van der Waals surface area contributed by atoms with Crippen molar-refractivity contribution in [3.63, 3.8) is 0 Å². The second-order valence-corrected chi connectivity index (χ2v) is 4.68. The highest BCUT2D eigenvalue weighted by Gasteiger charge is 2.16. The summed E-state index contributed by atoms with van der Waals surface area (Å²) in [6.45, 7) is 3.23. The van der Waals surface area contributed by atoms with Crippen molar-refractivity contribution < 1.29 is 9.90 Å². The van der Waals surface area contributed by atoms with Crippen molar-refractivity contribution in [1.82, 2.24) is 24.5 Å². The molecule has 21 heavy (non-hydrogen) atoms. The number of carboxylic acid groups (broad SMARTS) is 1. The number of benzene rings is 1. The van der Waals surface area contributed by atoms with Crippen LogP contribution in [0.4, 0.5) is 0 Å². The molecular formula is C14H15N5O2. The standard InChI is InChI=1S/C14H15N5O2/c1-2-12-16-11-5-3-4-10(14(20)21)13(11)19(12)9-8-18-7-6-15-17-18/h3-7H,2,8-9H2,1H3,(H,20,21). The predicted octanol–water partition coefficient (Wildman–Crippen LogP) is 1.59. The lowest BCUT2D eigenvalue weighted by molar-refractivity contribution is 0.0698. The van der Waals surface area contributed by atoms with Gasteiger partial charge in [-0.1, -0.05) is 18.2 Å². The number of para-hydroxylation sites is 1. The monoisotopic (exact) mass is 285 g/mol. The molecule has 2 aromatic heterocycles. The number of rotatable bonds is 5. The Balaban J connectivity index is 2.07. The van der Waals surface area contributed by atoms with Crippen molar-refractivity contribution in [3.8, 4) is 0 Å². The summed E-state index contributed by atoms with van der Waals surface area (Å²) in [5.41, 5.74) is 1.66. The summed E-state index contributed by atoms with van der Waals surface area (Å²) in [5, 5.41) is 17.1. The van der Waals surface area contributed by atoms with Crippen LogP contribution in [0.2, 0.25) is 0 Å². The summed E-state index contributed by atoms with van der Waals surface area (Å²) in [7, 11) is 0. The number of hydrogen-bond acceptors (Lipinski definition) is 4.